The van der Waals surface area contributed by atoms with Crippen molar-refractivity contribution in [3.8, 4) is 0 Å². The van der Waals surface area contributed by atoms with Crippen molar-refractivity contribution in [1.82, 2.24) is 0 Å². The van der Waals surface area contributed by atoms with Gasteiger partial charge < -0.3 is 9.47 Å². The highest BCUT2D eigenvalue weighted by atomic mass is 28.3. The lowest BCUT2D eigenvalue weighted by atomic mass is 9.86. The minimum Gasteiger partial charge on any atom is -0.468 e. The largest absolute Gasteiger partial charge is 0.468 e. The van der Waals surface area contributed by atoms with E-state index in [1.807, 2.05) is 0 Å². The molecule has 28 heavy (non-hydrogen) atoms. The summed E-state index contributed by atoms with van der Waals surface area (Å²) in [6.07, 6.45) is 8.00. The van der Waals surface area contributed by atoms with Crippen LogP contribution in [0.5, 0.6) is 0 Å². The molecule has 1 rings (SSSR count). The van der Waals surface area contributed by atoms with Gasteiger partial charge in [0.05, 0.1) is 22.3 Å². The van der Waals surface area contributed by atoms with Gasteiger partial charge in [-0.3, -0.25) is 9.59 Å². The summed E-state index contributed by atoms with van der Waals surface area (Å²) >= 11 is 0. The predicted molar refractivity (Wildman–Crippen MR) is 118 cm³/mol. The number of esters is 2. The zero-order chi connectivity index (χ0) is 21.2. The number of rotatable bonds is 12. The summed E-state index contributed by atoms with van der Waals surface area (Å²) < 4.78 is 9.97. The van der Waals surface area contributed by atoms with Crippen molar-refractivity contribution in [2.24, 2.45) is 5.41 Å². The molecular weight excluding hydrogens is 368 g/mol. The maximum Gasteiger partial charge on any atom is 0.323 e. The minimum absolute atomic E-state index is 0.304. The fraction of sp³-hybridized carbons (Fsp3) is 0.739. The van der Waals surface area contributed by atoms with Gasteiger partial charge in [-0.1, -0.05) is 101 Å². The van der Waals surface area contributed by atoms with Gasteiger partial charge >= 0.3 is 11.9 Å². The number of hydrogen-bond donors (Lipinski definition) is 0. The number of carbonyl (C=O) groups excluding carboxylic acids is 2. The van der Waals surface area contributed by atoms with E-state index in [1.54, 1.807) is 0 Å². The number of allylic oxidation sites excluding steroid dienone is 2. The number of ether oxygens (including phenoxy) is 2. The molecule has 0 saturated heterocycles. The molecule has 0 aromatic carbocycles. The highest BCUT2D eigenvalue weighted by molar-refractivity contribution is 6.84. The van der Waals surface area contributed by atoms with E-state index in [-0.39, 0.29) is 0 Å². The Morgan fingerprint density at radius 1 is 0.929 bits per heavy atom. The molecule has 1 saturated carbocycles. The number of carbonyl (C=O) groups is 2. The maximum absolute atomic E-state index is 12.5. The van der Waals surface area contributed by atoms with E-state index in [0.717, 1.165) is 11.1 Å². The Kier molecular flexibility index (Phi) is 10.2. The molecule has 0 atom stereocenters. The van der Waals surface area contributed by atoms with E-state index in [0.29, 0.717) is 12.8 Å². The van der Waals surface area contributed by atoms with E-state index in [1.165, 1.54) is 70.9 Å². The second-order valence-electron chi connectivity index (χ2n) is 8.36. The molecular formula is C23H40O4Si. The number of methoxy groups -OCH3 is 2. The Hall–Kier alpha value is -1.36. The quantitative estimate of drug-likeness (QED) is 0.226. The lowest BCUT2D eigenvalue weighted by Gasteiger charge is -2.30. The standard InChI is InChI=1S/C23H40O4Si/c1-7-10-13-28(14-11-8-2,15-12-9-3)18-20-17-23(16-19(20)4,21(24)26-5)22(25)27-6/h18H,4,7-17H2,1-3,5-6H3/b20-18+. The molecule has 1 aliphatic carbocycles. The van der Waals surface area contributed by atoms with Crippen molar-refractivity contribution < 1.29 is 19.1 Å². The molecule has 0 unspecified atom stereocenters. The summed E-state index contributed by atoms with van der Waals surface area (Å²) in [6.45, 7) is 11.0. The van der Waals surface area contributed by atoms with Gasteiger partial charge in [0.15, 0.2) is 5.41 Å². The van der Waals surface area contributed by atoms with Crippen LogP contribution < -0.4 is 0 Å². The molecule has 0 aromatic rings. The van der Waals surface area contributed by atoms with Crippen LogP contribution in [0, 0.1) is 5.41 Å². The molecule has 5 heteroatoms. The average molecular weight is 409 g/mol. The molecule has 160 valence electrons. The number of hydrogen-bond acceptors (Lipinski definition) is 4. The van der Waals surface area contributed by atoms with Crippen molar-refractivity contribution in [1.29, 1.82) is 0 Å². The van der Waals surface area contributed by atoms with Gasteiger partial charge in [0.25, 0.3) is 0 Å². The van der Waals surface area contributed by atoms with Crippen LogP contribution in [-0.4, -0.2) is 34.2 Å². The van der Waals surface area contributed by atoms with Gasteiger partial charge in [-0.25, -0.2) is 0 Å². The fourth-order valence-electron chi connectivity index (χ4n) is 4.45. The highest BCUT2D eigenvalue weighted by Crippen LogP contribution is 2.47. The zero-order valence-corrected chi connectivity index (χ0v) is 19.7. The normalized spacial score (nSPS) is 17.8. The van der Waals surface area contributed by atoms with Gasteiger partial charge in [0.2, 0.25) is 0 Å². The van der Waals surface area contributed by atoms with Gasteiger partial charge in [-0.15, -0.1) is 0 Å². The lowest BCUT2D eigenvalue weighted by molar-refractivity contribution is -0.168. The van der Waals surface area contributed by atoms with Crippen LogP contribution >= 0.6 is 0 Å². The average Bonchev–Trinajstić information content (AvgIpc) is 3.04. The van der Waals surface area contributed by atoms with Crippen LogP contribution in [0.1, 0.15) is 72.1 Å². The summed E-state index contributed by atoms with van der Waals surface area (Å²) in [6, 6.07) is 3.84. The van der Waals surface area contributed by atoms with Crippen molar-refractivity contribution >= 4 is 20.0 Å². The third-order valence-corrected chi connectivity index (χ3v) is 11.2. The second-order valence-corrected chi connectivity index (χ2v) is 12.9. The smallest absolute Gasteiger partial charge is 0.323 e. The monoisotopic (exact) mass is 408 g/mol. The van der Waals surface area contributed by atoms with Crippen LogP contribution in [0.15, 0.2) is 23.4 Å². The Morgan fingerprint density at radius 3 is 1.71 bits per heavy atom. The number of unbranched alkanes of at least 4 members (excludes halogenated alkanes) is 3. The topological polar surface area (TPSA) is 52.6 Å². The molecule has 0 spiro atoms. The maximum atomic E-state index is 12.5. The fourth-order valence-corrected chi connectivity index (χ4v) is 9.86. The SMILES string of the molecule is C=C1CC(C(=O)OC)(C(=O)OC)C/C1=C\[Si](CCCC)(CCCC)CCCC. The molecule has 0 aromatic heterocycles. The first-order valence-electron chi connectivity index (χ1n) is 10.9. The zero-order valence-electron chi connectivity index (χ0n) is 18.7. The van der Waals surface area contributed by atoms with Gasteiger partial charge in [-0.2, -0.15) is 0 Å². The Labute approximate surface area is 172 Å². The van der Waals surface area contributed by atoms with Crippen LogP contribution in [0.4, 0.5) is 0 Å². The second kappa shape index (κ2) is 11.6. The summed E-state index contributed by atoms with van der Waals surface area (Å²) in [4.78, 5) is 25.1. The molecule has 0 amide bonds. The van der Waals surface area contributed by atoms with Gasteiger partial charge in [0, 0.05) is 0 Å². The molecule has 0 aliphatic heterocycles. The van der Waals surface area contributed by atoms with Crippen LogP contribution in [0.25, 0.3) is 0 Å². The summed E-state index contributed by atoms with van der Waals surface area (Å²) in [7, 11) is 1.02. The van der Waals surface area contributed by atoms with Crippen molar-refractivity contribution in [3.05, 3.63) is 23.4 Å². The van der Waals surface area contributed by atoms with Crippen LogP contribution in [0.2, 0.25) is 18.1 Å². The Balaban J connectivity index is 3.32. The van der Waals surface area contributed by atoms with Crippen molar-refractivity contribution in [2.45, 2.75) is 90.3 Å². The Bertz CT molecular complexity index is 541. The van der Waals surface area contributed by atoms with Crippen molar-refractivity contribution in [3.63, 3.8) is 0 Å². The first-order valence-corrected chi connectivity index (χ1v) is 13.6. The van der Waals surface area contributed by atoms with Crippen LogP contribution in [-0.2, 0) is 19.1 Å². The van der Waals surface area contributed by atoms with E-state index in [4.69, 9.17) is 9.47 Å². The third-order valence-electron chi connectivity index (χ3n) is 6.18. The molecule has 0 heterocycles. The minimum atomic E-state index is -1.64. The first kappa shape index (κ1) is 24.7. The molecule has 0 radical (unpaired) electrons. The predicted octanol–water partition coefficient (Wildman–Crippen LogP) is 5.98. The van der Waals surface area contributed by atoms with E-state index in [2.05, 4.69) is 33.0 Å². The van der Waals surface area contributed by atoms with Gasteiger partial charge in [0.1, 0.15) is 0 Å². The van der Waals surface area contributed by atoms with E-state index >= 15 is 0 Å². The van der Waals surface area contributed by atoms with E-state index in [9.17, 15) is 9.59 Å². The first-order chi connectivity index (χ1) is 13.3. The Morgan fingerprint density at radius 2 is 1.36 bits per heavy atom. The highest BCUT2D eigenvalue weighted by Gasteiger charge is 2.53. The summed E-state index contributed by atoms with van der Waals surface area (Å²) in [5, 5.41) is 0. The van der Waals surface area contributed by atoms with E-state index < -0.39 is 25.4 Å². The summed E-state index contributed by atoms with van der Waals surface area (Å²) in [5.74, 6) is -1.02. The molecule has 0 N–H and O–H groups in total. The molecule has 4 nitrogen and oxygen atoms in total. The molecule has 0 bridgehead atoms. The van der Waals surface area contributed by atoms with Crippen LogP contribution in [0.3, 0.4) is 0 Å². The third kappa shape index (κ3) is 5.82. The molecule has 1 aliphatic rings. The summed E-state index contributed by atoms with van der Waals surface area (Å²) in [5.41, 5.74) is 3.25. The van der Waals surface area contributed by atoms with Crippen molar-refractivity contribution in [2.75, 3.05) is 14.2 Å². The molecule has 1 fully saturated rings. The lowest BCUT2D eigenvalue weighted by Crippen LogP contribution is -2.39. The van der Waals surface area contributed by atoms with Gasteiger partial charge in [-0.05, 0) is 12.8 Å².